The second kappa shape index (κ2) is 5.71. The Morgan fingerprint density at radius 1 is 1.45 bits per heavy atom. The van der Waals surface area contributed by atoms with Gasteiger partial charge in [-0.25, -0.2) is 0 Å². The summed E-state index contributed by atoms with van der Waals surface area (Å²) in [6.45, 7) is 4.94. The van der Waals surface area contributed by atoms with Crippen molar-refractivity contribution in [2.45, 2.75) is 13.0 Å². The van der Waals surface area contributed by atoms with Gasteiger partial charge in [0.15, 0.2) is 5.82 Å². The minimum atomic E-state index is 0.448. The molecule has 7 heteroatoms. The van der Waals surface area contributed by atoms with Crippen LogP contribution in [0.1, 0.15) is 6.92 Å². The standard InChI is InChI=1S/C13H15BrClN5/c1-8-7-20(5-4-16-8)13-17-12(18-19-13)10-6-9(15)2-3-11(10)14/h2-3,6,8,16H,4-5,7H2,1H3,(H,17,18,19)/t8-/m1/s1. The summed E-state index contributed by atoms with van der Waals surface area (Å²) in [5, 5.41) is 11.4. The highest BCUT2D eigenvalue weighted by molar-refractivity contribution is 9.10. The lowest BCUT2D eigenvalue weighted by atomic mass is 10.2. The van der Waals surface area contributed by atoms with Crippen molar-refractivity contribution in [2.24, 2.45) is 0 Å². The zero-order valence-electron chi connectivity index (χ0n) is 11.0. The molecular formula is C13H15BrClN5. The summed E-state index contributed by atoms with van der Waals surface area (Å²) in [5.74, 6) is 1.46. The molecule has 0 saturated carbocycles. The summed E-state index contributed by atoms with van der Waals surface area (Å²) in [4.78, 5) is 6.76. The number of piperazine rings is 1. The molecule has 1 fully saturated rings. The molecule has 0 bridgehead atoms. The van der Waals surface area contributed by atoms with Gasteiger partial charge in [-0.2, -0.15) is 4.98 Å². The van der Waals surface area contributed by atoms with Crippen molar-refractivity contribution in [1.29, 1.82) is 0 Å². The van der Waals surface area contributed by atoms with Gasteiger partial charge in [0, 0.05) is 40.7 Å². The predicted octanol–water partition coefficient (Wildman–Crippen LogP) is 2.69. The number of nitrogens with one attached hydrogen (secondary N) is 2. The molecule has 0 amide bonds. The van der Waals surface area contributed by atoms with Crippen LogP contribution in [0.5, 0.6) is 0 Å². The highest BCUT2D eigenvalue weighted by Gasteiger charge is 2.20. The molecular weight excluding hydrogens is 342 g/mol. The Labute approximate surface area is 130 Å². The minimum Gasteiger partial charge on any atom is -0.337 e. The lowest BCUT2D eigenvalue weighted by molar-refractivity contribution is 0.480. The van der Waals surface area contributed by atoms with Crippen LogP contribution >= 0.6 is 27.5 Å². The largest absolute Gasteiger partial charge is 0.337 e. The smallest absolute Gasteiger partial charge is 0.245 e. The first-order chi connectivity index (χ1) is 9.63. The second-order valence-electron chi connectivity index (χ2n) is 4.91. The van der Waals surface area contributed by atoms with E-state index in [2.05, 4.69) is 48.3 Å². The molecule has 1 aromatic carbocycles. The van der Waals surface area contributed by atoms with E-state index in [-0.39, 0.29) is 0 Å². The number of nitrogens with zero attached hydrogens (tertiary/aromatic N) is 3. The SMILES string of the molecule is C[C@@H]1CN(c2n[nH]c(-c3cc(Cl)ccc3Br)n2)CCN1. The molecule has 0 aliphatic carbocycles. The quantitative estimate of drug-likeness (QED) is 0.868. The normalized spacial score (nSPS) is 19.4. The Hall–Kier alpha value is -1.11. The Morgan fingerprint density at radius 2 is 2.30 bits per heavy atom. The summed E-state index contributed by atoms with van der Waals surface area (Å²) < 4.78 is 0.943. The molecule has 1 aliphatic rings. The lowest BCUT2D eigenvalue weighted by Crippen LogP contribution is -2.49. The number of hydrogen-bond acceptors (Lipinski definition) is 4. The first kappa shape index (κ1) is 13.9. The lowest BCUT2D eigenvalue weighted by Gasteiger charge is -2.30. The molecule has 106 valence electrons. The fourth-order valence-electron chi connectivity index (χ4n) is 2.31. The van der Waals surface area contributed by atoms with E-state index in [9.17, 15) is 0 Å². The van der Waals surface area contributed by atoms with Gasteiger partial charge in [-0.1, -0.05) is 27.5 Å². The molecule has 3 rings (SSSR count). The summed E-state index contributed by atoms with van der Waals surface area (Å²) in [6.07, 6.45) is 0. The highest BCUT2D eigenvalue weighted by atomic mass is 79.9. The summed E-state index contributed by atoms with van der Waals surface area (Å²) >= 11 is 9.55. The van der Waals surface area contributed by atoms with Gasteiger partial charge in [0.25, 0.3) is 0 Å². The van der Waals surface area contributed by atoms with Crippen molar-refractivity contribution in [3.8, 4) is 11.4 Å². The van der Waals surface area contributed by atoms with Crippen LogP contribution in [-0.2, 0) is 0 Å². The van der Waals surface area contributed by atoms with Gasteiger partial charge in [-0.3, -0.25) is 5.10 Å². The Balaban J connectivity index is 1.88. The molecule has 2 heterocycles. The van der Waals surface area contributed by atoms with Crippen LogP contribution in [0.25, 0.3) is 11.4 Å². The van der Waals surface area contributed by atoms with Crippen molar-refractivity contribution in [3.63, 3.8) is 0 Å². The van der Waals surface area contributed by atoms with E-state index < -0.39 is 0 Å². The molecule has 1 aliphatic heterocycles. The third-order valence-corrected chi connectivity index (χ3v) is 4.24. The van der Waals surface area contributed by atoms with Crippen LogP contribution in [0.2, 0.25) is 5.02 Å². The number of rotatable bonds is 2. The Morgan fingerprint density at radius 3 is 3.10 bits per heavy atom. The van der Waals surface area contributed by atoms with Crippen molar-refractivity contribution >= 4 is 33.5 Å². The number of halogens is 2. The third kappa shape index (κ3) is 2.82. The van der Waals surface area contributed by atoms with Gasteiger partial charge in [0.1, 0.15) is 0 Å². The first-order valence-corrected chi connectivity index (χ1v) is 7.67. The summed E-state index contributed by atoms with van der Waals surface area (Å²) in [6, 6.07) is 6.07. The maximum atomic E-state index is 6.04. The number of benzene rings is 1. The maximum Gasteiger partial charge on any atom is 0.245 e. The molecule has 2 N–H and O–H groups in total. The van der Waals surface area contributed by atoms with E-state index in [1.54, 1.807) is 0 Å². The molecule has 5 nitrogen and oxygen atoms in total. The van der Waals surface area contributed by atoms with Crippen LogP contribution in [0.15, 0.2) is 22.7 Å². The fraction of sp³-hybridized carbons (Fsp3) is 0.385. The van der Waals surface area contributed by atoms with E-state index in [1.165, 1.54) is 0 Å². The van der Waals surface area contributed by atoms with Crippen LogP contribution in [-0.4, -0.2) is 40.9 Å². The zero-order chi connectivity index (χ0) is 14.1. The summed E-state index contributed by atoms with van der Waals surface area (Å²) in [7, 11) is 0. The average Bonchev–Trinajstić information content (AvgIpc) is 2.91. The van der Waals surface area contributed by atoms with E-state index >= 15 is 0 Å². The first-order valence-electron chi connectivity index (χ1n) is 6.49. The molecule has 0 spiro atoms. The Bertz CT molecular complexity index is 615. The topological polar surface area (TPSA) is 56.8 Å². The van der Waals surface area contributed by atoms with Crippen molar-refractivity contribution in [2.75, 3.05) is 24.5 Å². The molecule has 1 saturated heterocycles. The van der Waals surface area contributed by atoms with Crippen LogP contribution in [0.3, 0.4) is 0 Å². The van der Waals surface area contributed by atoms with Crippen molar-refractivity contribution < 1.29 is 0 Å². The molecule has 0 radical (unpaired) electrons. The van der Waals surface area contributed by atoms with Gasteiger partial charge in [0.05, 0.1) is 0 Å². The summed E-state index contributed by atoms with van der Waals surface area (Å²) in [5.41, 5.74) is 0.916. The molecule has 20 heavy (non-hydrogen) atoms. The molecule has 1 aromatic heterocycles. The fourth-order valence-corrected chi connectivity index (χ4v) is 2.91. The van der Waals surface area contributed by atoms with Gasteiger partial charge in [-0.15, -0.1) is 5.10 Å². The van der Waals surface area contributed by atoms with Gasteiger partial charge in [0.2, 0.25) is 5.95 Å². The highest BCUT2D eigenvalue weighted by Crippen LogP contribution is 2.29. The number of aromatic nitrogens is 3. The predicted molar refractivity (Wildman–Crippen MR) is 84.2 cm³/mol. The third-order valence-electron chi connectivity index (χ3n) is 3.31. The van der Waals surface area contributed by atoms with Crippen molar-refractivity contribution in [1.82, 2.24) is 20.5 Å². The van der Waals surface area contributed by atoms with E-state index in [1.807, 2.05) is 18.2 Å². The van der Waals surface area contributed by atoms with Crippen molar-refractivity contribution in [3.05, 3.63) is 27.7 Å². The minimum absolute atomic E-state index is 0.448. The molecule has 2 aromatic rings. The van der Waals surface area contributed by atoms with Crippen LogP contribution in [0.4, 0.5) is 5.95 Å². The maximum absolute atomic E-state index is 6.04. The van der Waals surface area contributed by atoms with Crippen LogP contribution in [0, 0.1) is 0 Å². The molecule has 0 unspecified atom stereocenters. The zero-order valence-corrected chi connectivity index (χ0v) is 13.4. The van der Waals surface area contributed by atoms with E-state index in [0.717, 1.165) is 41.4 Å². The number of H-pyrrole nitrogens is 1. The van der Waals surface area contributed by atoms with Gasteiger partial charge >= 0.3 is 0 Å². The average molecular weight is 357 g/mol. The Kier molecular flexibility index (Phi) is 3.96. The number of hydrogen-bond donors (Lipinski definition) is 2. The molecule has 1 atom stereocenters. The second-order valence-corrected chi connectivity index (χ2v) is 6.20. The van der Waals surface area contributed by atoms with Gasteiger partial charge in [-0.05, 0) is 25.1 Å². The van der Waals surface area contributed by atoms with E-state index in [4.69, 9.17) is 11.6 Å². The van der Waals surface area contributed by atoms with Crippen LogP contribution < -0.4 is 10.2 Å². The van der Waals surface area contributed by atoms with E-state index in [0.29, 0.717) is 11.1 Å². The number of anilines is 1. The monoisotopic (exact) mass is 355 g/mol. The number of aromatic amines is 1. The van der Waals surface area contributed by atoms with Gasteiger partial charge < -0.3 is 10.2 Å².